The Morgan fingerprint density at radius 3 is 2.74 bits per heavy atom. The van der Waals surface area contributed by atoms with E-state index in [2.05, 4.69) is 5.32 Å². The maximum atomic E-state index is 11.9. The van der Waals surface area contributed by atoms with Crippen molar-refractivity contribution in [2.45, 2.75) is 19.8 Å². The molecule has 1 unspecified atom stereocenters. The van der Waals surface area contributed by atoms with E-state index in [0.29, 0.717) is 17.7 Å². The molecule has 1 aromatic rings. The van der Waals surface area contributed by atoms with Gasteiger partial charge < -0.3 is 15.2 Å². The van der Waals surface area contributed by atoms with Crippen LogP contribution in [-0.4, -0.2) is 30.6 Å². The molecule has 1 rings (SSSR count). The highest BCUT2D eigenvalue weighted by atomic mass is 16.5. The second kappa shape index (κ2) is 7.41. The molecule has 0 aliphatic rings. The van der Waals surface area contributed by atoms with Crippen LogP contribution in [0, 0.1) is 5.92 Å². The molecule has 0 saturated heterocycles. The number of carboxylic acids is 1. The molecule has 0 fully saturated rings. The number of amides is 1. The predicted octanol–water partition coefficient (Wildman–Crippen LogP) is 1.93. The van der Waals surface area contributed by atoms with Gasteiger partial charge in [-0.05, 0) is 24.6 Å². The summed E-state index contributed by atoms with van der Waals surface area (Å²) in [7, 11) is 1.53. The van der Waals surface area contributed by atoms with Gasteiger partial charge in [-0.3, -0.25) is 9.59 Å². The van der Waals surface area contributed by atoms with Crippen LogP contribution in [-0.2, 0) is 4.79 Å². The number of ether oxygens (including phenoxy) is 1. The molecule has 1 atom stereocenters. The molecule has 5 heteroatoms. The van der Waals surface area contributed by atoms with Gasteiger partial charge in [-0.2, -0.15) is 0 Å². The number of hydrogen-bond donors (Lipinski definition) is 2. The molecular weight excluding hydrogens is 246 g/mol. The molecule has 0 heterocycles. The SMILES string of the molecule is CCCC(CNC(=O)c1cccc(OC)c1)C(=O)O. The largest absolute Gasteiger partial charge is 0.497 e. The molecule has 0 aliphatic heterocycles. The number of rotatable bonds is 7. The third-order valence-electron chi connectivity index (χ3n) is 2.83. The van der Waals surface area contributed by atoms with Crippen molar-refractivity contribution in [2.75, 3.05) is 13.7 Å². The first kappa shape index (κ1) is 15.0. The molecular formula is C14H19NO4. The quantitative estimate of drug-likeness (QED) is 0.789. The third-order valence-corrected chi connectivity index (χ3v) is 2.83. The van der Waals surface area contributed by atoms with Crippen LogP contribution in [0.1, 0.15) is 30.1 Å². The molecule has 0 saturated carbocycles. The van der Waals surface area contributed by atoms with E-state index in [9.17, 15) is 9.59 Å². The van der Waals surface area contributed by atoms with Crippen LogP contribution in [0.5, 0.6) is 5.75 Å². The van der Waals surface area contributed by atoms with Crippen LogP contribution in [0.15, 0.2) is 24.3 Å². The monoisotopic (exact) mass is 265 g/mol. The van der Waals surface area contributed by atoms with Crippen LogP contribution < -0.4 is 10.1 Å². The topological polar surface area (TPSA) is 75.6 Å². The van der Waals surface area contributed by atoms with Gasteiger partial charge in [0.2, 0.25) is 0 Å². The lowest BCUT2D eigenvalue weighted by Gasteiger charge is -2.12. The number of carbonyl (C=O) groups excluding carboxylic acids is 1. The van der Waals surface area contributed by atoms with Crippen LogP contribution >= 0.6 is 0 Å². The van der Waals surface area contributed by atoms with E-state index in [1.165, 1.54) is 7.11 Å². The zero-order valence-electron chi connectivity index (χ0n) is 11.2. The number of nitrogens with one attached hydrogen (secondary N) is 1. The van der Waals surface area contributed by atoms with Crippen molar-refractivity contribution < 1.29 is 19.4 Å². The molecule has 0 spiro atoms. The number of carboxylic acid groups (broad SMARTS) is 1. The Hall–Kier alpha value is -2.04. The summed E-state index contributed by atoms with van der Waals surface area (Å²) >= 11 is 0. The molecule has 0 bridgehead atoms. The highest BCUT2D eigenvalue weighted by Crippen LogP contribution is 2.12. The molecule has 0 radical (unpaired) electrons. The fourth-order valence-corrected chi connectivity index (χ4v) is 1.74. The highest BCUT2D eigenvalue weighted by molar-refractivity contribution is 5.94. The number of methoxy groups -OCH3 is 1. The summed E-state index contributed by atoms with van der Waals surface area (Å²) in [4.78, 5) is 22.9. The van der Waals surface area contributed by atoms with Gasteiger partial charge in [0.05, 0.1) is 13.0 Å². The standard InChI is InChI=1S/C14H19NO4/c1-3-5-11(14(17)18)9-15-13(16)10-6-4-7-12(8-10)19-2/h4,6-8,11H,3,5,9H2,1-2H3,(H,15,16)(H,17,18). The first-order valence-corrected chi connectivity index (χ1v) is 6.23. The van der Waals surface area contributed by atoms with Gasteiger partial charge in [0.25, 0.3) is 5.91 Å². The minimum absolute atomic E-state index is 0.138. The van der Waals surface area contributed by atoms with Crippen molar-refractivity contribution in [3.05, 3.63) is 29.8 Å². The van der Waals surface area contributed by atoms with Gasteiger partial charge in [-0.15, -0.1) is 0 Å². The molecule has 19 heavy (non-hydrogen) atoms. The minimum atomic E-state index is -0.882. The Morgan fingerprint density at radius 1 is 1.42 bits per heavy atom. The number of aliphatic carboxylic acids is 1. The summed E-state index contributed by atoms with van der Waals surface area (Å²) in [5.74, 6) is -1.12. The summed E-state index contributed by atoms with van der Waals surface area (Å²) in [5.41, 5.74) is 0.458. The zero-order valence-corrected chi connectivity index (χ0v) is 11.2. The Labute approximate surface area is 112 Å². The van der Waals surface area contributed by atoms with Crippen LogP contribution in [0.25, 0.3) is 0 Å². The van der Waals surface area contributed by atoms with Crippen LogP contribution in [0.3, 0.4) is 0 Å². The lowest BCUT2D eigenvalue weighted by molar-refractivity contribution is -0.141. The van der Waals surface area contributed by atoms with Crippen molar-refractivity contribution in [1.82, 2.24) is 5.32 Å². The fourth-order valence-electron chi connectivity index (χ4n) is 1.74. The summed E-state index contributed by atoms with van der Waals surface area (Å²) < 4.78 is 5.03. The number of carbonyl (C=O) groups is 2. The minimum Gasteiger partial charge on any atom is -0.497 e. The molecule has 104 valence electrons. The molecule has 2 N–H and O–H groups in total. The van der Waals surface area contributed by atoms with Gasteiger partial charge in [0.1, 0.15) is 5.75 Å². The van der Waals surface area contributed by atoms with Gasteiger partial charge >= 0.3 is 5.97 Å². The number of hydrogen-bond acceptors (Lipinski definition) is 3. The smallest absolute Gasteiger partial charge is 0.308 e. The van der Waals surface area contributed by atoms with Gasteiger partial charge in [0, 0.05) is 12.1 Å². The van der Waals surface area contributed by atoms with E-state index in [0.717, 1.165) is 6.42 Å². The fraction of sp³-hybridized carbons (Fsp3) is 0.429. The molecule has 0 aromatic heterocycles. The molecule has 1 amide bonds. The second-order valence-electron chi connectivity index (χ2n) is 4.27. The average molecular weight is 265 g/mol. The van der Waals surface area contributed by atoms with E-state index < -0.39 is 11.9 Å². The van der Waals surface area contributed by atoms with E-state index >= 15 is 0 Å². The molecule has 1 aromatic carbocycles. The Morgan fingerprint density at radius 2 is 2.16 bits per heavy atom. The van der Waals surface area contributed by atoms with Crippen molar-refractivity contribution in [2.24, 2.45) is 5.92 Å². The Balaban J connectivity index is 2.61. The molecule has 5 nitrogen and oxygen atoms in total. The average Bonchev–Trinajstić information content (AvgIpc) is 2.42. The highest BCUT2D eigenvalue weighted by Gasteiger charge is 2.17. The van der Waals surface area contributed by atoms with Crippen molar-refractivity contribution in [3.63, 3.8) is 0 Å². The lowest BCUT2D eigenvalue weighted by Crippen LogP contribution is -2.32. The summed E-state index contributed by atoms with van der Waals surface area (Å²) in [6, 6.07) is 6.74. The van der Waals surface area contributed by atoms with E-state index in [1.54, 1.807) is 24.3 Å². The summed E-state index contributed by atoms with van der Waals surface area (Å²) in [6.45, 7) is 2.05. The van der Waals surface area contributed by atoms with Gasteiger partial charge in [0.15, 0.2) is 0 Å². The van der Waals surface area contributed by atoms with E-state index in [4.69, 9.17) is 9.84 Å². The third kappa shape index (κ3) is 4.62. The van der Waals surface area contributed by atoms with Crippen molar-refractivity contribution in [3.8, 4) is 5.75 Å². The number of benzene rings is 1. The Bertz CT molecular complexity index is 445. The first-order valence-electron chi connectivity index (χ1n) is 6.23. The maximum absolute atomic E-state index is 11.9. The van der Waals surface area contributed by atoms with E-state index in [1.807, 2.05) is 6.92 Å². The maximum Gasteiger partial charge on any atom is 0.308 e. The van der Waals surface area contributed by atoms with Crippen molar-refractivity contribution in [1.29, 1.82) is 0 Å². The normalized spacial score (nSPS) is 11.7. The predicted molar refractivity (Wildman–Crippen MR) is 71.4 cm³/mol. The summed E-state index contributed by atoms with van der Waals surface area (Å²) in [5, 5.41) is 11.6. The summed E-state index contributed by atoms with van der Waals surface area (Å²) in [6.07, 6.45) is 1.32. The molecule has 0 aliphatic carbocycles. The van der Waals surface area contributed by atoms with Gasteiger partial charge in [-0.25, -0.2) is 0 Å². The first-order chi connectivity index (χ1) is 9.08. The zero-order chi connectivity index (χ0) is 14.3. The van der Waals surface area contributed by atoms with Crippen LogP contribution in [0.2, 0.25) is 0 Å². The Kier molecular flexibility index (Phi) is 5.85. The second-order valence-corrected chi connectivity index (χ2v) is 4.27. The lowest BCUT2D eigenvalue weighted by atomic mass is 10.0. The van der Waals surface area contributed by atoms with Crippen LogP contribution in [0.4, 0.5) is 0 Å². The van der Waals surface area contributed by atoms with Crippen molar-refractivity contribution >= 4 is 11.9 Å². The van der Waals surface area contributed by atoms with E-state index in [-0.39, 0.29) is 12.5 Å². The van der Waals surface area contributed by atoms with Gasteiger partial charge in [-0.1, -0.05) is 19.4 Å².